The predicted molar refractivity (Wildman–Crippen MR) is 133 cm³/mol. The summed E-state index contributed by atoms with van der Waals surface area (Å²) < 4.78 is 5.51. The van der Waals surface area contributed by atoms with Crippen LogP contribution in [0, 0.1) is 11.3 Å². The number of rotatable bonds is 8. The molecule has 3 aromatic rings. The lowest BCUT2D eigenvalue weighted by atomic mass is 9.97. The lowest BCUT2D eigenvalue weighted by molar-refractivity contribution is 0.103. The fourth-order valence-electron chi connectivity index (χ4n) is 4.52. The highest BCUT2D eigenvalue weighted by molar-refractivity contribution is 6.33. The fourth-order valence-corrected chi connectivity index (χ4v) is 4.80. The number of ether oxygens (including phenoxy) is 1. The second-order valence-corrected chi connectivity index (χ2v) is 8.64. The highest BCUT2D eigenvalue weighted by atomic mass is 35.5. The molecule has 6 nitrogen and oxygen atoms in total. The van der Waals surface area contributed by atoms with Gasteiger partial charge in [0, 0.05) is 25.7 Å². The van der Waals surface area contributed by atoms with Crippen LogP contribution in [0.15, 0.2) is 72.8 Å². The summed E-state index contributed by atoms with van der Waals surface area (Å²) in [6, 6.07) is 25.4. The van der Waals surface area contributed by atoms with Gasteiger partial charge in [-0.25, -0.2) is 0 Å². The monoisotopic (exact) mass is 477 g/mol. The minimum Gasteiger partial charge on any atom is -0.491 e. The van der Waals surface area contributed by atoms with Gasteiger partial charge in [0.05, 0.1) is 47.6 Å². The van der Waals surface area contributed by atoms with Crippen LogP contribution in [0.25, 0.3) is 0 Å². The molecule has 0 radical (unpaired) electrons. The topological polar surface area (TPSA) is 80.0 Å². The molecule has 0 saturated carbocycles. The predicted octanol–water partition coefficient (Wildman–Crippen LogP) is 4.18. The number of benzene rings is 3. The highest BCUT2D eigenvalue weighted by Crippen LogP contribution is 2.38. The van der Waals surface area contributed by atoms with Crippen LogP contribution < -0.4 is 9.64 Å². The van der Waals surface area contributed by atoms with E-state index in [9.17, 15) is 5.11 Å². The average Bonchev–Trinajstić information content (AvgIpc) is 2.89. The first-order valence-electron chi connectivity index (χ1n) is 11.3. The van der Waals surface area contributed by atoms with Crippen molar-refractivity contribution in [3.63, 3.8) is 0 Å². The first-order chi connectivity index (χ1) is 16.6. The molecule has 2 N–H and O–H groups in total. The van der Waals surface area contributed by atoms with Crippen LogP contribution in [0.2, 0.25) is 5.02 Å². The van der Waals surface area contributed by atoms with Gasteiger partial charge in [-0.3, -0.25) is 4.90 Å². The molecule has 176 valence electrons. The number of hydrogen-bond donors (Lipinski definition) is 2. The zero-order valence-corrected chi connectivity index (χ0v) is 19.6. The Hall–Kier alpha value is -3.08. The Morgan fingerprint density at radius 2 is 1.79 bits per heavy atom. The van der Waals surface area contributed by atoms with Crippen LogP contribution in [0.4, 0.5) is 5.69 Å². The molecule has 0 aromatic heterocycles. The van der Waals surface area contributed by atoms with Crippen molar-refractivity contribution in [3.8, 4) is 11.8 Å². The summed E-state index contributed by atoms with van der Waals surface area (Å²) in [6.45, 7) is 2.33. The molecular weight excluding hydrogens is 450 g/mol. The van der Waals surface area contributed by atoms with Crippen molar-refractivity contribution in [1.29, 1.82) is 5.26 Å². The van der Waals surface area contributed by atoms with Crippen molar-refractivity contribution < 1.29 is 14.9 Å². The first-order valence-corrected chi connectivity index (χ1v) is 11.7. The van der Waals surface area contributed by atoms with E-state index in [2.05, 4.69) is 28.0 Å². The minimum absolute atomic E-state index is 0.00887. The first kappa shape index (κ1) is 24.1. The zero-order valence-electron chi connectivity index (χ0n) is 18.8. The van der Waals surface area contributed by atoms with Gasteiger partial charge >= 0.3 is 0 Å². The maximum Gasteiger partial charge on any atom is 0.121 e. The van der Waals surface area contributed by atoms with E-state index in [-0.39, 0.29) is 31.9 Å². The number of anilines is 1. The molecule has 2 unspecified atom stereocenters. The SMILES string of the molecule is N#Cc1ccc(C(CO)N2CCN(c3ccc(OCCO)cc3Cl)C(c3ccccc3)C2)cc1. The molecule has 34 heavy (non-hydrogen) atoms. The number of nitriles is 1. The largest absolute Gasteiger partial charge is 0.491 e. The van der Waals surface area contributed by atoms with Crippen molar-refractivity contribution in [3.05, 3.63) is 94.5 Å². The van der Waals surface area contributed by atoms with Crippen LogP contribution >= 0.6 is 11.6 Å². The Labute approximate surface area is 205 Å². The third kappa shape index (κ3) is 5.35. The van der Waals surface area contributed by atoms with Gasteiger partial charge in [-0.15, -0.1) is 0 Å². The Morgan fingerprint density at radius 3 is 2.44 bits per heavy atom. The fraction of sp³-hybridized carbons (Fsp3) is 0.296. The van der Waals surface area contributed by atoms with Crippen LogP contribution in [0.5, 0.6) is 5.75 Å². The third-order valence-corrected chi connectivity index (χ3v) is 6.53. The Bertz CT molecular complexity index is 1120. The quantitative estimate of drug-likeness (QED) is 0.506. The van der Waals surface area contributed by atoms with E-state index in [4.69, 9.17) is 26.7 Å². The van der Waals surface area contributed by atoms with Gasteiger partial charge in [0.25, 0.3) is 0 Å². The maximum absolute atomic E-state index is 10.3. The second kappa shape index (κ2) is 11.4. The Kier molecular flexibility index (Phi) is 8.04. The van der Waals surface area contributed by atoms with Gasteiger partial charge in [-0.05, 0) is 35.4 Å². The van der Waals surface area contributed by atoms with Crippen molar-refractivity contribution in [2.75, 3.05) is 44.4 Å². The van der Waals surface area contributed by atoms with E-state index in [1.807, 2.05) is 42.5 Å². The van der Waals surface area contributed by atoms with Crippen LogP contribution in [-0.2, 0) is 0 Å². The summed E-state index contributed by atoms with van der Waals surface area (Å²) in [5, 5.41) is 29.0. The van der Waals surface area contributed by atoms with E-state index in [0.29, 0.717) is 22.9 Å². The van der Waals surface area contributed by atoms with E-state index < -0.39 is 0 Å². The second-order valence-electron chi connectivity index (χ2n) is 8.23. The van der Waals surface area contributed by atoms with Crippen LogP contribution in [0.3, 0.4) is 0 Å². The smallest absolute Gasteiger partial charge is 0.121 e. The van der Waals surface area contributed by atoms with Gasteiger partial charge in [0.1, 0.15) is 12.4 Å². The van der Waals surface area contributed by atoms with Crippen molar-refractivity contribution >= 4 is 17.3 Å². The number of nitrogens with zero attached hydrogens (tertiary/aromatic N) is 3. The summed E-state index contributed by atoms with van der Waals surface area (Å²) in [6.07, 6.45) is 0. The normalized spacial score (nSPS) is 17.2. The summed E-state index contributed by atoms with van der Waals surface area (Å²) >= 11 is 6.68. The number of aliphatic hydroxyl groups is 2. The molecule has 1 fully saturated rings. The zero-order chi connectivity index (χ0) is 23.9. The van der Waals surface area contributed by atoms with Gasteiger partial charge in [0.2, 0.25) is 0 Å². The Balaban J connectivity index is 1.62. The average molecular weight is 478 g/mol. The molecule has 1 saturated heterocycles. The molecule has 0 bridgehead atoms. The standard InChI is InChI=1S/C27H28ClN3O3/c28-24-16-23(34-15-14-32)10-11-25(24)31-13-12-30(18-26(31)21-4-2-1-3-5-21)27(19-33)22-8-6-20(17-29)7-9-22/h1-11,16,26-27,32-33H,12-15,18-19H2. The van der Waals surface area contributed by atoms with E-state index in [1.54, 1.807) is 18.2 Å². The van der Waals surface area contributed by atoms with Gasteiger partial charge in [-0.2, -0.15) is 5.26 Å². The van der Waals surface area contributed by atoms with E-state index in [1.165, 1.54) is 5.56 Å². The van der Waals surface area contributed by atoms with Crippen LogP contribution in [-0.4, -0.2) is 54.6 Å². The van der Waals surface area contributed by atoms with Crippen molar-refractivity contribution in [1.82, 2.24) is 4.90 Å². The lowest BCUT2D eigenvalue weighted by Crippen LogP contribution is -2.50. The molecule has 0 aliphatic carbocycles. The van der Waals surface area contributed by atoms with Gasteiger partial charge in [-0.1, -0.05) is 54.1 Å². The highest BCUT2D eigenvalue weighted by Gasteiger charge is 2.33. The summed E-state index contributed by atoms with van der Waals surface area (Å²) in [5.74, 6) is 0.624. The molecule has 7 heteroatoms. The molecular formula is C27H28ClN3O3. The maximum atomic E-state index is 10.3. The van der Waals surface area contributed by atoms with Crippen molar-refractivity contribution in [2.45, 2.75) is 12.1 Å². The molecule has 1 heterocycles. The Morgan fingerprint density at radius 1 is 1.03 bits per heavy atom. The number of halogens is 1. The lowest BCUT2D eigenvalue weighted by Gasteiger charge is -2.46. The van der Waals surface area contributed by atoms with Crippen LogP contribution in [0.1, 0.15) is 28.8 Å². The molecule has 1 aliphatic rings. The summed E-state index contributed by atoms with van der Waals surface area (Å²) in [7, 11) is 0. The molecule has 3 aromatic carbocycles. The van der Waals surface area contributed by atoms with E-state index in [0.717, 1.165) is 24.3 Å². The molecule has 0 spiro atoms. The number of hydrogen-bond acceptors (Lipinski definition) is 6. The number of aliphatic hydroxyl groups excluding tert-OH is 2. The molecule has 4 rings (SSSR count). The van der Waals surface area contributed by atoms with Gasteiger partial charge < -0.3 is 19.8 Å². The van der Waals surface area contributed by atoms with Gasteiger partial charge in [0.15, 0.2) is 0 Å². The number of piperazine rings is 1. The molecule has 0 amide bonds. The summed E-state index contributed by atoms with van der Waals surface area (Å²) in [4.78, 5) is 4.60. The van der Waals surface area contributed by atoms with E-state index >= 15 is 0 Å². The van der Waals surface area contributed by atoms with Crippen molar-refractivity contribution in [2.24, 2.45) is 0 Å². The minimum atomic E-state index is -0.161. The molecule has 2 atom stereocenters. The summed E-state index contributed by atoms with van der Waals surface area (Å²) in [5.41, 5.74) is 3.68. The molecule has 1 aliphatic heterocycles. The third-order valence-electron chi connectivity index (χ3n) is 6.22.